The molecule has 0 bridgehead atoms. The molecule has 1 heterocycles. The van der Waals surface area contributed by atoms with E-state index in [1.54, 1.807) is 18.2 Å². The minimum absolute atomic E-state index is 0.0677. The first-order chi connectivity index (χ1) is 16.5. The van der Waals surface area contributed by atoms with Crippen LogP contribution in [0.15, 0.2) is 54.6 Å². The number of aryl methyl sites for hydroxylation is 1. The average Bonchev–Trinajstić information content (AvgIpc) is 3.25. The summed E-state index contributed by atoms with van der Waals surface area (Å²) in [5.41, 5.74) is 2.53. The normalized spacial score (nSPS) is 10.5. The van der Waals surface area contributed by atoms with Crippen molar-refractivity contribution in [3.05, 3.63) is 65.0 Å². The van der Waals surface area contributed by atoms with E-state index in [0.717, 1.165) is 22.3 Å². The van der Waals surface area contributed by atoms with Crippen molar-refractivity contribution >= 4 is 34.3 Å². The topological polar surface area (TPSA) is 81.7 Å². The molecule has 3 rings (SSSR count). The van der Waals surface area contributed by atoms with E-state index in [1.807, 2.05) is 50.2 Å². The number of anilines is 1. The zero-order chi connectivity index (χ0) is 24.3. The summed E-state index contributed by atoms with van der Waals surface area (Å²) in [6, 6.07) is 16.9. The van der Waals surface area contributed by atoms with Crippen LogP contribution in [0.1, 0.15) is 48.3 Å². The van der Waals surface area contributed by atoms with Gasteiger partial charge in [0.25, 0.3) is 0 Å². The van der Waals surface area contributed by atoms with Gasteiger partial charge < -0.3 is 19.6 Å². The SMILES string of the molecule is CCOc1ccc(C(=O)CCC(=O)Nc2cc(-c3ccccc3)c(CCC=O)s2)cc1OCC. The summed E-state index contributed by atoms with van der Waals surface area (Å²) < 4.78 is 11.1. The Hall–Kier alpha value is -3.45. The van der Waals surface area contributed by atoms with E-state index in [1.165, 1.54) is 11.3 Å². The summed E-state index contributed by atoms with van der Waals surface area (Å²) in [4.78, 5) is 37.2. The van der Waals surface area contributed by atoms with Gasteiger partial charge >= 0.3 is 0 Å². The largest absolute Gasteiger partial charge is 0.490 e. The number of hydrogen-bond acceptors (Lipinski definition) is 6. The number of aldehydes is 1. The molecule has 178 valence electrons. The Labute approximate surface area is 203 Å². The van der Waals surface area contributed by atoms with Crippen LogP contribution >= 0.6 is 11.3 Å². The van der Waals surface area contributed by atoms with E-state index in [0.29, 0.717) is 48.1 Å². The molecule has 1 aromatic heterocycles. The fourth-order valence-corrected chi connectivity index (χ4v) is 4.64. The van der Waals surface area contributed by atoms with E-state index >= 15 is 0 Å². The van der Waals surface area contributed by atoms with Crippen LogP contribution in [0.25, 0.3) is 11.1 Å². The maximum absolute atomic E-state index is 12.7. The lowest BCUT2D eigenvalue weighted by Gasteiger charge is -2.12. The van der Waals surface area contributed by atoms with Crippen molar-refractivity contribution in [1.82, 2.24) is 0 Å². The second kappa shape index (κ2) is 12.7. The summed E-state index contributed by atoms with van der Waals surface area (Å²) in [7, 11) is 0. The number of Topliss-reactive ketones (excluding diaryl/α,β-unsaturated/α-hetero) is 1. The van der Waals surface area contributed by atoms with E-state index in [4.69, 9.17) is 9.47 Å². The van der Waals surface area contributed by atoms with Gasteiger partial charge in [0, 0.05) is 29.7 Å². The van der Waals surface area contributed by atoms with Gasteiger partial charge in [0.2, 0.25) is 5.91 Å². The van der Waals surface area contributed by atoms with Gasteiger partial charge in [0.05, 0.1) is 18.2 Å². The number of ether oxygens (including phenoxy) is 2. The van der Waals surface area contributed by atoms with Crippen LogP contribution in [0, 0.1) is 0 Å². The van der Waals surface area contributed by atoms with Gasteiger partial charge in [-0.1, -0.05) is 30.3 Å². The number of nitrogens with one attached hydrogen (secondary N) is 1. The Morgan fingerprint density at radius 2 is 1.68 bits per heavy atom. The molecule has 0 fully saturated rings. The van der Waals surface area contributed by atoms with Crippen LogP contribution in [0.2, 0.25) is 0 Å². The van der Waals surface area contributed by atoms with E-state index < -0.39 is 0 Å². The molecule has 2 aromatic carbocycles. The molecule has 0 unspecified atom stereocenters. The minimum atomic E-state index is -0.230. The lowest BCUT2D eigenvalue weighted by Crippen LogP contribution is -2.13. The predicted molar refractivity (Wildman–Crippen MR) is 135 cm³/mol. The second-order valence-corrected chi connectivity index (χ2v) is 8.65. The van der Waals surface area contributed by atoms with Gasteiger partial charge in [0.1, 0.15) is 6.29 Å². The van der Waals surface area contributed by atoms with Crippen LogP contribution in [0.3, 0.4) is 0 Å². The molecule has 6 nitrogen and oxygen atoms in total. The number of rotatable bonds is 13. The van der Waals surface area contributed by atoms with Gasteiger partial charge in [-0.25, -0.2) is 0 Å². The van der Waals surface area contributed by atoms with E-state index in [9.17, 15) is 14.4 Å². The van der Waals surface area contributed by atoms with Crippen LogP contribution in [0.5, 0.6) is 11.5 Å². The van der Waals surface area contributed by atoms with E-state index in [-0.39, 0.29) is 24.5 Å². The Morgan fingerprint density at radius 1 is 0.941 bits per heavy atom. The molecule has 0 saturated heterocycles. The third-order valence-corrected chi connectivity index (χ3v) is 6.20. The first-order valence-electron chi connectivity index (χ1n) is 11.4. The fraction of sp³-hybridized carbons (Fsp3) is 0.296. The average molecular weight is 480 g/mol. The predicted octanol–water partition coefficient (Wildman–Crippen LogP) is 5.95. The third kappa shape index (κ3) is 6.78. The number of ketones is 1. The highest BCUT2D eigenvalue weighted by Crippen LogP contribution is 2.36. The monoisotopic (exact) mass is 479 g/mol. The fourth-order valence-electron chi connectivity index (χ4n) is 3.52. The summed E-state index contributed by atoms with van der Waals surface area (Å²) in [6.45, 7) is 4.71. The molecule has 0 spiro atoms. The highest BCUT2D eigenvalue weighted by atomic mass is 32.1. The van der Waals surface area contributed by atoms with Gasteiger partial charge in [-0.15, -0.1) is 11.3 Å². The molecule has 7 heteroatoms. The molecular formula is C27H29NO5S. The van der Waals surface area contributed by atoms with Crippen LogP contribution in [-0.2, 0) is 16.0 Å². The Bertz CT molecular complexity index is 1120. The lowest BCUT2D eigenvalue weighted by molar-refractivity contribution is -0.116. The van der Waals surface area contributed by atoms with Gasteiger partial charge in [-0.3, -0.25) is 9.59 Å². The van der Waals surface area contributed by atoms with Crippen molar-refractivity contribution in [3.8, 4) is 22.6 Å². The number of benzene rings is 2. The maximum Gasteiger partial charge on any atom is 0.225 e. The van der Waals surface area contributed by atoms with Crippen LogP contribution in [0.4, 0.5) is 5.00 Å². The molecule has 1 amide bonds. The highest BCUT2D eigenvalue weighted by Gasteiger charge is 2.16. The zero-order valence-corrected chi connectivity index (χ0v) is 20.3. The zero-order valence-electron chi connectivity index (χ0n) is 19.5. The maximum atomic E-state index is 12.7. The molecule has 34 heavy (non-hydrogen) atoms. The van der Waals surface area contributed by atoms with Crippen molar-refractivity contribution in [2.45, 2.75) is 39.5 Å². The van der Waals surface area contributed by atoms with E-state index in [2.05, 4.69) is 5.32 Å². The molecule has 0 saturated carbocycles. The summed E-state index contributed by atoms with van der Waals surface area (Å²) in [6.07, 6.45) is 2.09. The van der Waals surface area contributed by atoms with Crippen molar-refractivity contribution in [1.29, 1.82) is 0 Å². The standard InChI is InChI=1S/C27H29NO5S/c1-3-32-23-14-12-20(17-24(23)33-4-2)22(30)13-15-26(31)28-27-18-21(19-9-6-5-7-10-19)25(34-27)11-8-16-29/h5-7,9-10,12,14,16-18H,3-4,8,11,13,15H2,1-2H3,(H,28,31). The van der Waals surface area contributed by atoms with Crippen molar-refractivity contribution in [2.24, 2.45) is 0 Å². The number of carbonyl (C=O) groups is 3. The molecule has 0 aliphatic rings. The molecular weight excluding hydrogens is 450 g/mol. The van der Waals surface area contributed by atoms with Crippen molar-refractivity contribution in [2.75, 3.05) is 18.5 Å². The molecule has 0 atom stereocenters. The molecule has 1 N–H and O–H groups in total. The smallest absolute Gasteiger partial charge is 0.225 e. The number of hydrogen-bond donors (Lipinski definition) is 1. The second-order valence-electron chi connectivity index (χ2n) is 7.52. The molecule has 0 aliphatic heterocycles. The molecule has 0 aliphatic carbocycles. The Balaban J connectivity index is 1.64. The highest BCUT2D eigenvalue weighted by molar-refractivity contribution is 7.16. The van der Waals surface area contributed by atoms with Gasteiger partial charge in [0.15, 0.2) is 17.3 Å². The lowest BCUT2D eigenvalue weighted by atomic mass is 10.0. The number of amides is 1. The van der Waals surface area contributed by atoms with Gasteiger partial charge in [-0.2, -0.15) is 0 Å². The number of thiophene rings is 1. The third-order valence-electron chi connectivity index (χ3n) is 5.09. The van der Waals surface area contributed by atoms with Gasteiger partial charge in [-0.05, 0) is 55.7 Å². The minimum Gasteiger partial charge on any atom is -0.490 e. The molecule has 0 radical (unpaired) electrons. The quantitative estimate of drug-likeness (QED) is 0.242. The summed E-state index contributed by atoms with van der Waals surface area (Å²) in [5.74, 6) is 0.750. The van der Waals surface area contributed by atoms with Crippen LogP contribution in [-0.4, -0.2) is 31.2 Å². The number of carbonyl (C=O) groups excluding carboxylic acids is 3. The van der Waals surface area contributed by atoms with Crippen LogP contribution < -0.4 is 14.8 Å². The summed E-state index contributed by atoms with van der Waals surface area (Å²) in [5, 5.41) is 3.61. The van der Waals surface area contributed by atoms with Crippen molar-refractivity contribution < 1.29 is 23.9 Å². The van der Waals surface area contributed by atoms with Crippen molar-refractivity contribution in [3.63, 3.8) is 0 Å². The Morgan fingerprint density at radius 3 is 2.38 bits per heavy atom. The first kappa shape index (κ1) is 25.2. The molecule has 3 aromatic rings. The Kier molecular flexibility index (Phi) is 9.40. The summed E-state index contributed by atoms with van der Waals surface area (Å²) >= 11 is 1.46. The first-order valence-corrected chi connectivity index (χ1v) is 12.2.